The Morgan fingerprint density at radius 1 is 1.14 bits per heavy atom. The number of carbonyl (C=O) groups is 2. The SMILES string of the molecule is COC(=O)c1sc(NC(=S)Nc2cc([N+](=O)[O-])ccc2OC)c(C(=O)OC)c1C. The third-order valence-electron chi connectivity index (χ3n) is 3.78. The Morgan fingerprint density at radius 2 is 1.79 bits per heavy atom. The Kier molecular flexibility index (Phi) is 7.07. The van der Waals surface area contributed by atoms with Crippen LogP contribution in [0.3, 0.4) is 0 Å². The molecule has 1 aromatic carbocycles. The molecule has 0 saturated carbocycles. The van der Waals surface area contributed by atoms with Gasteiger partial charge in [0.25, 0.3) is 5.69 Å². The van der Waals surface area contributed by atoms with Gasteiger partial charge in [-0.25, -0.2) is 9.59 Å². The smallest absolute Gasteiger partial charge is 0.348 e. The van der Waals surface area contributed by atoms with Crippen LogP contribution in [0.5, 0.6) is 5.75 Å². The second kappa shape index (κ2) is 9.30. The zero-order valence-electron chi connectivity index (χ0n) is 15.9. The zero-order valence-corrected chi connectivity index (χ0v) is 17.5. The first-order valence-corrected chi connectivity index (χ1v) is 9.16. The van der Waals surface area contributed by atoms with E-state index < -0.39 is 16.9 Å². The molecule has 2 N–H and O–H groups in total. The summed E-state index contributed by atoms with van der Waals surface area (Å²) >= 11 is 6.22. The van der Waals surface area contributed by atoms with Crippen molar-refractivity contribution in [2.24, 2.45) is 0 Å². The van der Waals surface area contributed by atoms with E-state index in [1.165, 1.54) is 39.5 Å². The summed E-state index contributed by atoms with van der Waals surface area (Å²) in [5.74, 6) is -0.942. The van der Waals surface area contributed by atoms with Crippen LogP contribution in [0.4, 0.5) is 16.4 Å². The summed E-state index contributed by atoms with van der Waals surface area (Å²) in [6, 6.07) is 3.97. The number of nitrogens with zero attached hydrogens (tertiary/aromatic N) is 1. The van der Waals surface area contributed by atoms with Crippen LogP contribution >= 0.6 is 23.6 Å². The number of hydrogen-bond donors (Lipinski definition) is 2. The molecule has 0 atom stereocenters. The van der Waals surface area contributed by atoms with Gasteiger partial charge < -0.3 is 24.8 Å². The molecule has 29 heavy (non-hydrogen) atoms. The maximum Gasteiger partial charge on any atom is 0.348 e. The van der Waals surface area contributed by atoms with Gasteiger partial charge in [-0.3, -0.25) is 10.1 Å². The van der Waals surface area contributed by atoms with Gasteiger partial charge in [-0.05, 0) is 30.8 Å². The topological polar surface area (TPSA) is 129 Å². The van der Waals surface area contributed by atoms with E-state index in [2.05, 4.69) is 10.6 Å². The minimum absolute atomic E-state index is 0.0200. The number of thiocarbonyl (C=S) groups is 1. The molecule has 1 heterocycles. The lowest BCUT2D eigenvalue weighted by Gasteiger charge is -2.13. The summed E-state index contributed by atoms with van der Waals surface area (Å²) in [6.45, 7) is 1.58. The second-order valence-corrected chi connectivity index (χ2v) is 6.89. The molecule has 0 fully saturated rings. The average molecular weight is 439 g/mol. The fourth-order valence-corrected chi connectivity index (χ4v) is 3.79. The maximum atomic E-state index is 12.2. The van der Waals surface area contributed by atoms with Gasteiger partial charge in [-0.15, -0.1) is 11.3 Å². The fourth-order valence-electron chi connectivity index (χ4n) is 2.40. The summed E-state index contributed by atoms with van der Waals surface area (Å²) in [5, 5.41) is 16.9. The van der Waals surface area contributed by atoms with E-state index in [9.17, 15) is 19.7 Å². The molecule has 2 aromatic rings. The van der Waals surface area contributed by atoms with Crippen molar-refractivity contribution in [1.82, 2.24) is 0 Å². The quantitative estimate of drug-likeness (QED) is 0.299. The Morgan fingerprint density at radius 3 is 2.34 bits per heavy atom. The van der Waals surface area contributed by atoms with Gasteiger partial charge in [-0.2, -0.15) is 0 Å². The third kappa shape index (κ3) is 4.78. The number of anilines is 2. The van der Waals surface area contributed by atoms with Crippen molar-refractivity contribution in [2.75, 3.05) is 32.0 Å². The molecule has 0 aliphatic rings. The number of nitrogens with one attached hydrogen (secondary N) is 2. The summed E-state index contributed by atoms with van der Waals surface area (Å²) < 4.78 is 14.7. The van der Waals surface area contributed by atoms with Crippen LogP contribution in [0.1, 0.15) is 25.6 Å². The number of esters is 2. The first-order chi connectivity index (χ1) is 13.7. The number of nitro groups is 1. The highest BCUT2D eigenvalue weighted by Crippen LogP contribution is 2.35. The number of non-ortho nitro benzene ring substituents is 1. The minimum Gasteiger partial charge on any atom is -0.495 e. The molecule has 0 unspecified atom stereocenters. The Hall–Kier alpha value is -3.25. The molecular weight excluding hydrogens is 422 g/mol. The lowest BCUT2D eigenvalue weighted by molar-refractivity contribution is -0.384. The zero-order chi connectivity index (χ0) is 21.7. The van der Waals surface area contributed by atoms with Crippen molar-refractivity contribution in [3.05, 3.63) is 44.3 Å². The Bertz CT molecular complexity index is 988. The van der Waals surface area contributed by atoms with Crippen molar-refractivity contribution in [2.45, 2.75) is 6.92 Å². The van der Waals surface area contributed by atoms with Crippen LogP contribution in [0.15, 0.2) is 18.2 Å². The van der Waals surface area contributed by atoms with Gasteiger partial charge >= 0.3 is 11.9 Å². The summed E-state index contributed by atoms with van der Waals surface area (Å²) in [7, 11) is 3.85. The van der Waals surface area contributed by atoms with Gasteiger partial charge in [0, 0.05) is 12.1 Å². The van der Waals surface area contributed by atoms with Gasteiger partial charge in [0.2, 0.25) is 0 Å². The predicted molar refractivity (Wildman–Crippen MR) is 111 cm³/mol. The largest absolute Gasteiger partial charge is 0.495 e. The Labute approximate surface area is 174 Å². The van der Waals surface area contributed by atoms with Crippen molar-refractivity contribution < 1.29 is 28.7 Å². The standard InChI is InChI=1S/C17H17N3O7S2/c1-8-12(15(21)26-3)14(29-13(8)16(22)27-4)19-17(28)18-10-7-9(20(23)24)5-6-11(10)25-2/h5-7H,1-4H3,(H2,18,19,28). The van der Waals surface area contributed by atoms with Crippen LogP contribution in [-0.2, 0) is 9.47 Å². The van der Waals surface area contributed by atoms with E-state index in [4.69, 9.17) is 26.4 Å². The normalized spacial score (nSPS) is 10.1. The van der Waals surface area contributed by atoms with Crippen LogP contribution in [0.25, 0.3) is 0 Å². The minimum atomic E-state index is -0.660. The van der Waals surface area contributed by atoms with Crippen LogP contribution < -0.4 is 15.4 Å². The maximum absolute atomic E-state index is 12.2. The van der Waals surface area contributed by atoms with E-state index in [1.54, 1.807) is 6.92 Å². The number of ether oxygens (including phenoxy) is 3. The van der Waals surface area contributed by atoms with Crippen LogP contribution in [0.2, 0.25) is 0 Å². The lowest BCUT2D eigenvalue weighted by atomic mass is 10.1. The molecule has 12 heteroatoms. The molecule has 10 nitrogen and oxygen atoms in total. The average Bonchev–Trinajstić information content (AvgIpc) is 3.02. The molecule has 0 saturated heterocycles. The number of rotatable bonds is 6. The van der Waals surface area contributed by atoms with Gasteiger partial charge in [0.15, 0.2) is 5.11 Å². The molecule has 0 radical (unpaired) electrons. The number of benzene rings is 1. The third-order valence-corrected chi connectivity index (χ3v) is 5.17. The monoisotopic (exact) mass is 439 g/mol. The highest BCUT2D eigenvalue weighted by Gasteiger charge is 2.26. The molecule has 0 spiro atoms. The highest BCUT2D eigenvalue weighted by atomic mass is 32.1. The van der Waals surface area contributed by atoms with Gasteiger partial charge in [-0.1, -0.05) is 0 Å². The predicted octanol–water partition coefficient (Wildman–Crippen LogP) is 3.36. The number of hydrogen-bond acceptors (Lipinski definition) is 9. The molecular formula is C17H17N3O7S2. The van der Waals surface area contributed by atoms with E-state index in [0.29, 0.717) is 11.3 Å². The molecule has 0 aliphatic heterocycles. The number of carbonyl (C=O) groups excluding carboxylic acids is 2. The van der Waals surface area contributed by atoms with Crippen LogP contribution in [-0.4, -0.2) is 43.3 Å². The fraction of sp³-hybridized carbons (Fsp3) is 0.235. The van der Waals surface area contributed by atoms with Crippen molar-refractivity contribution in [3.8, 4) is 5.75 Å². The summed E-state index contributed by atoms with van der Waals surface area (Å²) in [4.78, 5) is 34.8. The lowest BCUT2D eigenvalue weighted by Crippen LogP contribution is -2.20. The molecule has 0 bridgehead atoms. The molecule has 154 valence electrons. The first kappa shape index (κ1) is 22.0. The van der Waals surface area contributed by atoms with Crippen molar-refractivity contribution in [3.63, 3.8) is 0 Å². The molecule has 2 rings (SSSR count). The highest BCUT2D eigenvalue weighted by molar-refractivity contribution is 7.80. The molecule has 0 amide bonds. The Balaban J connectivity index is 2.36. The van der Waals surface area contributed by atoms with Gasteiger partial charge in [0.05, 0.1) is 37.5 Å². The summed E-state index contributed by atoms with van der Waals surface area (Å²) in [5.41, 5.74) is 0.603. The van der Waals surface area contributed by atoms with E-state index in [-0.39, 0.29) is 31.9 Å². The summed E-state index contributed by atoms with van der Waals surface area (Å²) in [6.07, 6.45) is 0. The van der Waals surface area contributed by atoms with Crippen molar-refractivity contribution in [1.29, 1.82) is 0 Å². The number of methoxy groups -OCH3 is 3. The van der Waals surface area contributed by atoms with Gasteiger partial charge in [0.1, 0.15) is 15.6 Å². The number of nitro benzene ring substituents is 1. The second-order valence-electron chi connectivity index (χ2n) is 5.46. The van der Waals surface area contributed by atoms with E-state index in [1.807, 2.05) is 0 Å². The first-order valence-electron chi connectivity index (χ1n) is 7.93. The van der Waals surface area contributed by atoms with Crippen LogP contribution in [0, 0.1) is 17.0 Å². The molecule has 0 aliphatic carbocycles. The van der Waals surface area contributed by atoms with Crippen molar-refractivity contribution >= 4 is 57.0 Å². The van der Waals surface area contributed by atoms with E-state index in [0.717, 1.165) is 11.3 Å². The molecule has 1 aromatic heterocycles. The van der Waals surface area contributed by atoms with E-state index >= 15 is 0 Å². The number of thiophene rings is 1.